The number of fused-ring (bicyclic) bond motifs is 1. The first-order chi connectivity index (χ1) is 12.2. The molecule has 0 saturated carbocycles. The van der Waals surface area contributed by atoms with Gasteiger partial charge in [0, 0.05) is 28.0 Å². The van der Waals surface area contributed by atoms with E-state index in [0.29, 0.717) is 6.04 Å². The first-order valence-corrected chi connectivity index (χ1v) is 9.92. The Bertz CT molecular complexity index is 874. The van der Waals surface area contributed by atoms with Crippen LogP contribution in [0.3, 0.4) is 0 Å². The summed E-state index contributed by atoms with van der Waals surface area (Å²) in [6, 6.07) is 13.1. The number of anilines is 1. The predicted octanol–water partition coefficient (Wildman–Crippen LogP) is 6.92. The van der Waals surface area contributed by atoms with Crippen LogP contribution in [-0.4, -0.2) is 17.8 Å². The highest BCUT2D eigenvalue weighted by Gasteiger charge is 2.33. The second kappa shape index (κ2) is 7.03. The van der Waals surface area contributed by atoms with E-state index in [1.54, 1.807) is 0 Å². The van der Waals surface area contributed by atoms with E-state index >= 15 is 0 Å². The minimum Gasteiger partial charge on any atom is -0.360 e. The quantitative estimate of drug-likeness (QED) is 0.501. The SMILES string of the molecule is CC1=CC(C)(C)N(C(C)C)c2cc(C)c(C=Nc3ccc(Br)cc3)cc21. The van der Waals surface area contributed by atoms with Crippen molar-refractivity contribution in [1.29, 1.82) is 0 Å². The average molecular weight is 411 g/mol. The molecule has 0 bridgehead atoms. The van der Waals surface area contributed by atoms with Crippen molar-refractivity contribution in [2.75, 3.05) is 4.90 Å². The van der Waals surface area contributed by atoms with Gasteiger partial charge in [-0.15, -0.1) is 0 Å². The molecule has 0 fully saturated rings. The summed E-state index contributed by atoms with van der Waals surface area (Å²) in [6.45, 7) is 13.5. The number of aryl methyl sites for hydroxylation is 1. The Morgan fingerprint density at radius 1 is 1.08 bits per heavy atom. The summed E-state index contributed by atoms with van der Waals surface area (Å²) in [5, 5.41) is 0. The molecule has 3 heteroatoms. The number of aliphatic imine (C=N–C) groups is 1. The van der Waals surface area contributed by atoms with Gasteiger partial charge in [0.05, 0.1) is 11.2 Å². The van der Waals surface area contributed by atoms with Crippen LogP contribution in [-0.2, 0) is 0 Å². The molecule has 0 amide bonds. The molecule has 0 aromatic heterocycles. The maximum absolute atomic E-state index is 4.66. The first-order valence-electron chi connectivity index (χ1n) is 9.12. The van der Waals surface area contributed by atoms with E-state index < -0.39 is 0 Å². The van der Waals surface area contributed by atoms with Crippen molar-refractivity contribution < 1.29 is 0 Å². The molecule has 0 N–H and O–H groups in total. The van der Waals surface area contributed by atoms with E-state index in [4.69, 9.17) is 0 Å². The minimum atomic E-state index is 0.0186. The fourth-order valence-electron chi connectivity index (χ4n) is 3.97. The Morgan fingerprint density at radius 2 is 1.73 bits per heavy atom. The minimum absolute atomic E-state index is 0.0186. The van der Waals surface area contributed by atoms with Gasteiger partial charge in [0.15, 0.2) is 0 Å². The normalized spacial score (nSPS) is 16.2. The van der Waals surface area contributed by atoms with Crippen molar-refractivity contribution in [1.82, 2.24) is 0 Å². The summed E-state index contributed by atoms with van der Waals surface area (Å²) in [4.78, 5) is 7.17. The molecule has 0 saturated heterocycles. The molecule has 1 heterocycles. The molecule has 26 heavy (non-hydrogen) atoms. The number of rotatable bonds is 3. The summed E-state index contributed by atoms with van der Waals surface area (Å²) in [7, 11) is 0. The molecule has 0 atom stereocenters. The molecule has 136 valence electrons. The van der Waals surface area contributed by atoms with Crippen molar-refractivity contribution in [3.8, 4) is 0 Å². The third-order valence-electron chi connectivity index (χ3n) is 4.96. The molecular formula is C23H27BrN2. The Kier molecular flexibility index (Phi) is 5.12. The monoisotopic (exact) mass is 410 g/mol. The number of benzene rings is 2. The van der Waals surface area contributed by atoms with Gasteiger partial charge in [0.1, 0.15) is 0 Å². The largest absolute Gasteiger partial charge is 0.360 e. The maximum Gasteiger partial charge on any atom is 0.0630 e. The third kappa shape index (κ3) is 3.64. The molecule has 0 radical (unpaired) electrons. The molecular weight excluding hydrogens is 384 g/mol. The first kappa shape index (κ1) is 18.9. The van der Waals surface area contributed by atoms with Gasteiger partial charge in [0.2, 0.25) is 0 Å². The lowest BCUT2D eigenvalue weighted by Gasteiger charge is -2.46. The van der Waals surface area contributed by atoms with Crippen LogP contribution < -0.4 is 4.90 Å². The van der Waals surface area contributed by atoms with E-state index in [-0.39, 0.29) is 5.54 Å². The van der Waals surface area contributed by atoms with Gasteiger partial charge in [0.25, 0.3) is 0 Å². The summed E-state index contributed by atoms with van der Waals surface area (Å²) >= 11 is 3.46. The lowest BCUT2D eigenvalue weighted by atomic mass is 9.86. The average Bonchev–Trinajstić information content (AvgIpc) is 2.53. The number of hydrogen-bond donors (Lipinski definition) is 0. The fourth-order valence-corrected chi connectivity index (χ4v) is 4.23. The Labute approximate surface area is 165 Å². The van der Waals surface area contributed by atoms with Crippen LogP contribution in [0.15, 0.2) is 51.9 Å². The van der Waals surface area contributed by atoms with Crippen LogP contribution in [0.4, 0.5) is 11.4 Å². The summed E-state index contributed by atoms with van der Waals surface area (Å²) < 4.78 is 1.07. The van der Waals surface area contributed by atoms with E-state index in [2.05, 4.69) is 85.6 Å². The van der Waals surface area contributed by atoms with Crippen molar-refractivity contribution in [2.24, 2.45) is 4.99 Å². The number of allylic oxidation sites excluding steroid dienone is 1. The second-order valence-corrected chi connectivity index (χ2v) is 8.82. The second-order valence-electron chi connectivity index (χ2n) is 7.91. The highest BCUT2D eigenvalue weighted by molar-refractivity contribution is 9.10. The lowest BCUT2D eigenvalue weighted by molar-refractivity contribution is 0.507. The van der Waals surface area contributed by atoms with Gasteiger partial charge >= 0.3 is 0 Å². The zero-order valence-electron chi connectivity index (χ0n) is 16.5. The van der Waals surface area contributed by atoms with Crippen molar-refractivity contribution in [3.05, 3.63) is 63.6 Å². The van der Waals surface area contributed by atoms with Gasteiger partial charge in [-0.05, 0) is 94.6 Å². The highest BCUT2D eigenvalue weighted by Crippen LogP contribution is 2.41. The summed E-state index contributed by atoms with van der Waals surface area (Å²) in [5.41, 5.74) is 7.36. The predicted molar refractivity (Wildman–Crippen MR) is 118 cm³/mol. The molecule has 1 aliphatic rings. The van der Waals surface area contributed by atoms with Gasteiger partial charge < -0.3 is 4.90 Å². The molecule has 0 spiro atoms. The number of halogens is 1. The molecule has 2 aromatic rings. The van der Waals surface area contributed by atoms with Crippen LogP contribution in [0.2, 0.25) is 0 Å². The number of nitrogens with zero attached hydrogens (tertiary/aromatic N) is 2. The van der Waals surface area contributed by atoms with Crippen molar-refractivity contribution in [3.63, 3.8) is 0 Å². The zero-order valence-corrected chi connectivity index (χ0v) is 18.1. The van der Waals surface area contributed by atoms with Crippen LogP contribution >= 0.6 is 15.9 Å². The zero-order chi connectivity index (χ0) is 19.1. The van der Waals surface area contributed by atoms with E-state index in [1.165, 1.54) is 28.0 Å². The summed E-state index contributed by atoms with van der Waals surface area (Å²) in [5.74, 6) is 0. The molecule has 0 unspecified atom stereocenters. The van der Waals surface area contributed by atoms with Crippen molar-refractivity contribution >= 4 is 39.1 Å². The van der Waals surface area contributed by atoms with Crippen LogP contribution in [0, 0.1) is 6.92 Å². The van der Waals surface area contributed by atoms with E-state index in [1.807, 2.05) is 30.5 Å². The lowest BCUT2D eigenvalue weighted by Crippen LogP contribution is -2.49. The Hall–Kier alpha value is -1.87. The molecule has 2 nitrogen and oxygen atoms in total. The maximum atomic E-state index is 4.66. The molecule has 3 rings (SSSR count). The highest BCUT2D eigenvalue weighted by atomic mass is 79.9. The van der Waals surface area contributed by atoms with Crippen molar-refractivity contribution in [2.45, 2.75) is 53.1 Å². The van der Waals surface area contributed by atoms with Gasteiger partial charge in [-0.1, -0.05) is 22.0 Å². The van der Waals surface area contributed by atoms with Crippen LogP contribution in [0.25, 0.3) is 5.57 Å². The topological polar surface area (TPSA) is 15.6 Å². The van der Waals surface area contributed by atoms with Gasteiger partial charge in [-0.3, -0.25) is 4.99 Å². The number of hydrogen-bond acceptors (Lipinski definition) is 2. The summed E-state index contributed by atoms with van der Waals surface area (Å²) in [6.07, 6.45) is 4.35. The molecule has 0 aliphatic carbocycles. The smallest absolute Gasteiger partial charge is 0.0630 e. The Morgan fingerprint density at radius 3 is 2.35 bits per heavy atom. The fraction of sp³-hybridized carbons (Fsp3) is 0.348. The Balaban J connectivity index is 2.04. The van der Waals surface area contributed by atoms with Gasteiger partial charge in [-0.2, -0.15) is 0 Å². The van der Waals surface area contributed by atoms with Crippen LogP contribution in [0.1, 0.15) is 51.3 Å². The molecule has 2 aromatic carbocycles. The van der Waals surface area contributed by atoms with Crippen LogP contribution in [0.5, 0.6) is 0 Å². The van der Waals surface area contributed by atoms with E-state index in [9.17, 15) is 0 Å². The third-order valence-corrected chi connectivity index (χ3v) is 5.48. The van der Waals surface area contributed by atoms with Gasteiger partial charge in [-0.25, -0.2) is 0 Å². The molecule has 1 aliphatic heterocycles. The van der Waals surface area contributed by atoms with E-state index in [0.717, 1.165) is 10.2 Å². The standard InChI is InChI=1S/C23H27BrN2/c1-15(2)26-22-11-16(3)18(12-21(22)17(4)13-23(26,5)6)14-25-20-9-7-19(24)8-10-20/h7-15H,1-6H3.